The maximum atomic E-state index is 13.0. The van der Waals surface area contributed by atoms with E-state index in [0.717, 1.165) is 17.5 Å². The molecule has 1 amide bonds. The third kappa shape index (κ3) is 9.13. The summed E-state index contributed by atoms with van der Waals surface area (Å²) in [7, 11) is 2.16. The van der Waals surface area contributed by atoms with Gasteiger partial charge in [0, 0.05) is 57.4 Å². The van der Waals surface area contributed by atoms with E-state index in [2.05, 4.69) is 25.9 Å². The number of nitrogens with one attached hydrogen (secondary N) is 3. The van der Waals surface area contributed by atoms with Gasteiger partial charge >= 0.3 is 6.61 Å². The number of halogens is 3. The molecule has 4 rings (SSSR count). The van der Waals surface area contributed by atoms with Crippen molar-refractivity contribution in [3.8, 4) is 16.9 Å². The highest BCUT2D eigenvalue weighted by Gasteiger charge is 2.23. The van der Waals surface area contributed by atoms with Crippen LogP contribution < -0.4 is 20.7 Å². The van der Waals surface area contributed by atoms with E-state index in [0.29, 0.717) is 56.1 Å². The lowest BCUT2D eigenvalue weighted by Crippen LogP contribution is -2.31. The Labute approximate surface area is 228 Å². The van der Waals surface area contributed by atoms with Crippen molar-refractivity contribution in [1.29, 1.82) is 0 Å². The van der Waals surface area contributed by atoms with Crippen LogP contribution >= 0.6 is 0 Å². The summed E-state index contributed by atoms with van der Waals surface area (Å²) in [5, 5.41) is 9.40. The van der Waals surface area contributed by atoms with Gasteiger partial charge < -0.3 is 25.4 Å². The Morgan fingerprint density at radius 3 is 2.51 bits per heavy atom. The first kappa shape index (κ1) is 31.4. The van der Waals surface area contributed by atoms with Gasteiger partial charge in [-0.15, -0.1) is 0 Å². The van der Waals surface area contributed by atoms with Crippen molar-refractivity contribution >= 4 is 17.5 Å². The van der Waals surface area contributed by atoms with Crippen LogP contribution in [0.25, 0.3) is 11.1 Å². The molecule has 0 fully saturated rings. The smallest absolute Gasteiger partial charge is 0.387 e. The van der Waals surface area contributed by atoms with E-state index in [1.807, 2.05) is 26.0 Å². The summed E-state index contributed by atoms with van der Waals surface area (Å²) >= 11 is 0. The highest BCUT2D eigenvalue weighted by Crippen LogP contribution is 2.34. The van der Waals surface area contributed by atoms with Crippen LogP contribution in [0.1, 0.15) is 50.1 Å². The molecule has 1 aromatic heterocycles. The molecule has 1 aliphatic rings. The number of anilines is 2. The van der Waals surface area contributed by atoms with Crippen molar-refractivity contribution in [1.82, 2.24) is 15.3 Å². The normalized spacial score (nSPS) is 14.2. The molecule has 2 aromatic carbocycles. The van der Waals surface area contributed by atoms with Gasteiger partial charge in [-0.3, -0.25) is 9.18 Å². The molecule has 3 aromatic rings. The number of nitrogens with zero attached hydrogens (tertiary/aromatic N) is 2. The minimum atomic E-state index is -2.93. The van der Waals surface area contributed by atoms with E-state index in [4.69, 9.17) is 9.47 Å². The molecule has 0 radical (unpaired) electrons. The number of carbonyl (C=O) groups is 1. The van der Waals surface area contributed by atoms with Crippen LogP contribution in [-0.4, -0.2) is 56.5 Å². The van der Waals surface area contributed by atoms with Crippen LogP contribution in [0.3, 0.4) is 0 Å². The maximum Gasteiger partial charge on any atom is 0.387 e. The van der Waals surface area contributed by atoms with Crippen LogP contribution in [0.4, 0.5) is 24.8 Å². The number of amides is 1. The lowest BCUT2D eigenvalue weighted by Gasteiger charge is -2.27. The first-order valence-corrected chi connectivity index (χ1v) is 12.7. The van der Waals surface area contributed by atoms with E-state index in [-0.39, 0.29) is 19.1 Å². The van der Waals surface area contributed by atoms with E-state index < -0.39 is 6.61 Å². The monoisotopic (exact) mass is 549 g/mol. The Hall–Kier alpha value is -3.86. The number of fused-ring (bicyclic) bond motifs is 1. The summed E-state index contributed by atoms with van der Waals surface area (Å²) < 4.78 is 45.2. The van der Waals surface area contributed by atoms with Crippen molar-refractivity contribution in [2.75, 3.05) is 44.6 Å². The summed E-state index contributed by atoms with van der Waals surface area (Å²) in [5.74, 6) is 0.414. The predicted molar refractivity (Wildman–Crippen MR) is 149 cm³/mol. The predicted octanol–water partition coefficient (Wildman–Crippen LogP) is 6.34. The van der Waals surface area contributed by atoms with E-state index >= 15 is 0 Å². The summed E-state index contributed by atoms with van der Waals surface area (Å²) in [6, 6.07) is 11.7. The third-order valence-corrected chi connectivity index (χ3v) is 5.62. The van der Waals surface area contributed by atoms with E-state index in [9.17, 15) is 18.0 Å². The zero-order chi connectivity index (χ0) is 28.6. The molecule has 8 nitrogen and oxygen atoms in total. The second kappa shape index (κ2) is 16.9. The van der Waals surface area contributed by atoms with Gasteiger partial charge in [-0.25, -0.2) is 9.97 Å². The van der Waals surface area contributed by atoms with Crippen LogP contribution in [0.5, 0.6) is 5.75 Å². The number of para-hydroxylation sites is 1. The fourth-order valence-electron chi connectivity index (χ4n) is 3.92. The van der Waals surface area contributed by atoms with Crippen molar-refractivity contribution in [2.45, 2.75) is 39.3 Å². The summed E-state index contributed by atoms with van der Waals surface area (Å²) in [4.78, 5) is 21.4. The molecule has 0 bridgehead atoms. The number of benzene rings is 2. The molecule has 3 N–H and O–H groups in total. The SMILES string of the molecule is CC.CF.COCCCNc1ncc(-c2ccc3c(c2)N[C@@H](c2ccccc2OC(F)F)CCNC3=O)cn1.[HH]. The number of ether oxygens (including phenoxy) is 2. The number of hydrogen-bond acceptors (Lipinski definition) is 7. The standard InChI is InChI=1S/C25H27F2N5O3.C2H6.CH3F.H2/c1-34-12-4-10-29-25-30-14-17(15-31-25)16-7-8-19-21(13-16)32-20(9-11-28-23(19)33)18-5-2-3-6-22(18)35-24(26)27;2*1-2;/h2-3,5-8,13-15,20,24,32H,4,9-12H2,1H3,(H,28,33)(H,29,30,31);1-2H3;1H3;1H/t20-;;;/m1.../s1. The molecular weight excluding hydrogens is 511 g/mol. The number of aromatic nitrogens is 2. The summed E-state index contributed by atoms with van der Waals surface area (Å²) in [5.41, 5.74) is 3.22. The highest BCUT2D eigenvalue weighted by atomic mass is 19.3. The topological polar surface area (TPSA) is 97.4 Å². The quantitative estimate of drug-likeness (QED) is 0.268. The molecule has 11 heteroatoms. The zero-order valence-electron chi connectivity index (χ0n) is 22.6. The van der Waals surface area contributed by atoms with Crippen molar-refractivity contribution < 1.29 is 28.9 Å². The zero-order valence-corrected chi connectivity index (χ0v) is 22.6. The van der Waals surface area contributed by atoms with Gasteiger partial charge in [0.15, 0.2) is 0 Å². The second-order valence-electron chi connectivity index (χ2n) is 7.99. The van der Waals surface area contributed by atoms with Gasteiger partial charge in [0.25, 0.3) is 5.91 Å². The molecule has 1 atom stereocenters. The largest absolute Gasteiger partial charge is 0.434 e. The number of methoxy groups -OCH3 is 1. The van der Waals surface area contributed by atoms with Gasteiger partial charge in [0.05, 0.1) is 18.8 Å². The fraction of sp³-hybridized carbons (Fsp3) is 0.393. The van der Waals surface area contributed by atoms with Gasteiger partial charge in [-0.2, -0.15) is 8.78 Å². The Morgan fingerprint density at radius 2 is 1.82 bits per heavy atom. The van der Waals surface area contributed by atoms with Crippen LogP contribution in [-0.2, 0) is 4.74 Å². The molecule has 0 aliphatic carbocycles. The molecular formula is C28H38F3N5O3. The number of carbonyl (C=O) groups excluding carboxylic acids is 1. The Balaban J connectivity index is 0.00000153. The van der Waals surface area contributed by atoms with Gasteiger partial charge in [0.2, 0.25) is 5.95 Å². The Bertz CT molecular complexity index is 1160. The fourth-order valence-corrected chi connectivity index (χ4v) is 3.92. The Morgan fingerprint density at radius 1 is 1.10 bits per heavy atom. The average Bonchev–Trinajstić information content (AvgIpc) is 2.96. The van der Waals surface area contributed by atoms with Crippen LogP contribution in [0.15, 0.2) is 54.9 Å². The lowest BCUT2D eigenvalue weighted by atomic mass is 9.98. The molecule has 0 unspecified atom stereocenters. The third-order valence-electron chi connectivity index (χ3n) is 5.62. The first-order chi connectivity index (χ1) is 19.0. The molecule has 39 heavy (non-hydrogen) atoms. The number of alkyl halides is 3. The minimum Gasteiger partial charge on any atom is -0.434 e. The number of rotatable bonds is 9. The number of hydrogen-bond donors (Lipinski definition) is 3. The molecule has 0 saturated heterocycles. The van der Waals surface area contributed by atoms with Crippen molar-refractivity contribution in [3.05, 3.63) is 66.0 Å². The van der Waals surface area contributed by atoms with Gasteiger partial charge in [-0.1, -0.05) is 38.1 Å². The van der Waals surface area contributed by atoms with Crippen LogP contribution in [0, 0.1) is 0 Å². The minimum absolute atomic E-state index is 0. The van der Waals surface area contributed by atoms with Crippen molar-refractivity contribution in [3.63, 3.8) is 0 Å². The van der Waals surface area contributed by atoms with Crippen molar-refractivity contribution in [2.24, 2.45) is 0 Å². The molecule has 0 saturated carbocycles. The lowest BCUT2D eigenvalue weighted by molar-refractivity contribution is -0.0505. The molecule has 1 aliphatic heterocycles. The first-order valence-electron chi connectivity index (χ1n) is 12.7. The average molecular weight is 550 g/mol. The van der Waals surface area contributed by atoms with Crippen LogP contribution in [0.2, 0.25) is 0 Å². The summed E-state index contributed by atoms with van der Waals surface area (Å²) in [6.07, 6.45) is 4.75. The maximum absolute atomic E-state index is 13.0. The van der Waals surface area contributed by atoms with Gasteiger partial charge in [-0.05, 0) is 36.6 Å². The van der Waals surface area contributed by atoms with Gasteiger partial charge in [0.1, 0.15) is 5.75 Å². The molecule has 214 valence electrons. The Kier molecular flexibility index (Phi) is 13.6. The molecule has 2 heterocycles. The highest BCUT2D eigenvalue weighted by molar-refractivity contribution is 6.00. The van der Waals surface area contributed by atoms with E-state index in [1.54, 1.807) is 43.8 Å². The second-order valence-corrected chi connectivity index (χ2v) is 7.99. The van der Waals surface area contributed by atoms with E-state index in [1.165, 1.54) is 6.07 Å². The molecule has 0 spiro atoms. The summed E-state index contributed by atoms with van der Waals surface area (Å²) in [6.45, 7) is 2.80.